The van der Waals surface area contributed by atoms with Crippen LogP contribution in [0.2, 0.25) is 0 Å². The molecule has 0 aliphatic rings. The molecule has 6 nitrogen and oxygen atoms in total. The minimum Gasteiger partial charge on any atom is -0.491 e. The van der Waals surface area contributed by atoms with Gasteiger partial charge >= 0.3 is 5.97 Å². The van der Waals surface area contributed by atoms with Crippen molar-refractivity contribution < 1.29 is 19.4 Å². The van der Waals surface area contributed by atoms with Gasteiger partial charge in [0.1, 0.15) is 5.75 Å². The van der Waals surface area contributed by atoms with E-state index in [2.05, 4.69) is 10.6 Å². The Morgan fingerprint density at radius 2 is 1.89 bits per heavy atom. The van der Waals surface area contributed by atoms with E-state index in [1.165, 1.54) is 6.07 Å². The quantitative estimate of drug-likeness (QED) is 0.407. The molecule has 1 amide bonds. The van der Waals surface area contributed by atoms with Crippen LogP contribution in [0, 0.1) is 3.57 Å². The highest BCUT2D eigenvalue weighted by Gasteiger charge is 2.14. The maximum Gasteiger partial charge on any atom is 0.337 e. The lowest BCUT2D eigenvalue weighted by atomic mass is 10.2. The molecule has 0 heterocycles. The Hall–Kier alpha value is -2.20. The summed E-state index contributed by atoms with van der Waals surface area (Å²) < 4.78 is 6.46. The number of thiocarbonyl (C=S) groups is 1. The van der Waals surface area contributed by atoms with Gasteiger partial charge in [-0.05, 0) is 90.6 Å². The van der Waals surface area contributed by atoms with Crippen LogP contribution in [-0.2, 0) is 0 Å². The van der Waals surface area contributed by atoms with Crippen molar-refractivity contribution >= 4 is 57.5 Å². The van der Waals surface area contributed by atoms with Gasteiger partial charge in [-0.25, -0.2) is 4.79 Å². The van der Waals surface area contributed by atoms with Crippen LogP contribution in [0.25, 0.3) is 0 Å². The molecule has 0 aliphatic heterocycles. The molecule has 0 aliphatic carbocycles. The van der Waals surface area contributed by atoms with E-state index in [0.717, 1.165) is 9.99 Å². The molecule has 0 aromatic heterocycles. The Morgan fingerprint density at radius 3 is 2.48 bits per heavy atom. The number of carbonyl (C=O) groups is 2. The molecule has 8 heteroatoms. The van der Waals surface area contributed by atoms with Crippen molar-refractivity contribution in [1.82, 2.24) is 5.32 Å². The third-order valence-corrected chi connectivity index (χ3v) is 4.59. The van der Waals surface area contributed by atoms with Gasteiger partial charge in [0.25, 0.3) is 5.91 Å². The summed E-state index contributed by atoms with van der Waals surface area (Å²) >= 11 is 7.15. The molecule has 0 fully saturated rings. The van der Waals surface area contributed by atoms with E-state index in [1.54, 1.807) is 36.4 Å². The molecule has 0 bridgehead atoms. The van der Waals surface area contributed by atoms with Crippen LogP contribution >= 0.6 is 34.8 Å². The lowest BCUT2D eigenvalue weighted by molar-refractivity contribution is 0.0697. The molecule has 27 heavy (non-hydrogen) atoms. The fourth-order valence-electron chi connectivity index (χ4n) is 2.13. The molecular formula is C19H19IN2O4S. The predicted octanol–water partition coefficient (Wildman–Crippen LogP) is 4.29. The molecule has 3 N–H and O–H groups in total. The number of carboxylic acid groups (broad SMARTS) is 1. The SMILES string of the molecule is CCC(C)Oc1ccc(C(=O)NC(=S)Nc2ccc(I)cc2C(=O)O)cc1. The lowest BCUT2D eigenvalue weighted by Crippen LogP contribution is -2.34. The van der Waals surface area contributed by atoms with Gasteiger partial charge in [0.05, 0.1) is 17.4 Å². The average molecular weight is 498 g/mol. The molecule has 1 unspecified atom stereocenters. The number of ether oxygens (including phenoxy) is 1. The number of halogens is 1. The van der Waals surface area contributed by atoms with E-state index in [9.17, 15) is 14.7 Å². The van der Waals surface area contributed by atoms with E-state index in [-0.39, 0.29) is 16.8 Å². The van der Waals surface area contributed by atoms with Crippen LogP contribution < -0.4 is 15.4 Å². The third-order valence-electron chi connectivity index (χ3n) is 3.72. The Kier molecular flexibility index (Phi) is 7.55. The van der Waals surface area contributed by atoms with E-state index in [0.29, 0.717) is 17.0 Å². The van der Waals surface area contributed by atoms with Crippen LogP contribution in [0.3, 0.4) is 0 Å². The molecule has 0 radical (unpaired) electrons. The van der Waals surface area contributed by atoms with E-state index >= 15 is 0 Å². The summed E-state index contributed by atoms with van der Waals surface area (Å²) in [5, 5.41) is 14.6. The van der Waals surface area contributed by atoms with Crippen molar-refractivity contribution in [3.8, 4) is 5.75 Å². The van der Waals surface area contributed by atoms with E-state index < -0.39 is 11.9 Å². The number of benzene rings is 2. The molecule has 0 saturated carbocycles. The summed E-state index contributed by atoms with van der Waals surface area (Å²) in [7, 11) is 0. The summed E-state index contributed by atoms with van der Waals surface area (Å²) in [5.74, 6) is -0.793. The number of carbonyl (C=O) groups excluding carboxylic acids is 1. The van der Waals surface area contributed by atoms with Crippen LogP contribution in [0.1, 0.15) is 41.0 Å². The Labute approximate surface area is 176 Å². The summed E-state index contributed by atoms with van der Waals surface area (Å²) in [4.78, 5) is 23.7. The van der Waals surface area contributed by atoms with Crippen molar-refractivity contribution in [2.75, 3.05) is 5.32 Å². The van der Waals surface area contributed by atoms with Crippen molar-refractivity contribution in [3.05, 3.63) is 57.2 Å². The minimum absolute atomic E-state index is 0.0173. The van der Waals surface area contributed by atoms with Crippen molar-refractivity contribution in [2.45, 2.75) is 26.4 Å². The normalized spacial score (nSPS) is 11.4. The first-order chi connectivity index (χ1) is 12.8. The highest BCUT2D eigenvalue weighted by atomic mass is 127. The van der Waals surface area contributed by atoms with Gasteiger partial charge in [0, 0.05) is 9.13 Å². The number of rotatable bonds is 6. The largest absolute Gasteiger partial charge is 0.491 e. The van der Waals surface area contributed by atoms with Crippen molar-refractivity contribution in [1.29, 1.82) is 0 Å². The van der Waals surface area contributed by atoms with Crippen LogP contribution in [0.15, 0.2) is 42.5 Å². The second kappa shape index (κ2) is 9.65. The Morgan fingerprint density at radius 1 is 1.22 bits per heavy atom. The second-order valence-electron chi connectivity index (χ2n) is 5.76. The maximum absolute atomic E-state index is 12.3. The zero-order valence-corrected chi connectivity index (χ0v) is 17.8. The molecular weight excluding hydrogens is 479 g/mol. The Balaban J connectivity index is 2.02. The first kappa shape index (κ1) is 21.1. The monoisotopic (exact) mass is 498 g/mol. The number of anilines is 1. The first-order valence-corrected chi connectivity index (χ1v) is 9.70. The third kappa shape index (κ3) is 6.17. The number of amides is 1. The zero-order valence-electron chi connectivity index (χ0n) is 14.8. The summed E-state index contributed by atoms with van der Waals surface area (Å²) in [6, 6.07) is 11.6. The molecule has 2 rings (SSSR count). The minimum atomic E-state index is -1.08. The smallest absolute Gasteiger partial charge is 0.337 e. The molecule has 0 spiro atoms. The highest BCUT2D eigenvalue weighted by molar-refractivity contribution is 14.1. The maximum atomic E-state index is 12.3. The molecule has 2 aromatic rings. The highest BCUT2D eigenvalue weighted by Crippen LogP contribution is 2.19. The second-order valence-corrected chi connectivity index (χ2v) is 7.42. The fraction of sp³-hybridized carbons (Fsp3) is 0.211. The lowest BCUT2D eigenvalue weighted by Gasteiger charge is -2.14. The van der Waals surface area contributed by atoms with Crippen LogP contribution in [0.5, 0.6) is 5.75 Å². The average Bonchev–Trinajstić information content (AvgIpc) is 2.63. The molecule has 142 valence electrons. The van der Waals surface area contributed by atoms with Gasteiger partial charge in [-0.3, -0.25) is 10.1 Å². The molecule has 1 atom stereocenters. The van der Waals surface area contributed by atoms with Crippen molar-refractivity contribution in [2.24, 2.45) is 0 Å². The van der Waals surface area contributed by atoms with Gasteiger partial charge in [-0.2, -0.15) is 0 Å². The summed E-state index contributed by atoms with van der Waals surface area (Å²) in [6.45, 7) is 4.00. The summed E-state index contributed by atoms with van der Waals surface area (Å²) in [5.41, 5.74) is 0.798. The summed E-state index contributed by atoms with van der Waals surface area (Å²) in [6.07, 6.45) is 0.984. The fourth-order valence-corrected chi connectivity index (χ4v) is 2.83. The van der Waals surface area contributed by atoms with Crippen LogP contribution in [-0.4, -0.2) is 28.2 Å². The van der Waals surface area contributed by atoms with Gasteiger partial charge in [0.2, 0.25) is 0 Å². The number of aromatic carboxylic acids is 1. The zero-order chi connectivity index (χ0) is 20.0. The predicted molar refractivity (Wildman–Crippen MR) is 117 cm³/mol. The van der Waals surface area contributed by atoms with Gasteiger partial charge in [-0.15, -0.1) is 0 Å². The van der Waals surface area contributed by atoms with Gasteiger partial charge < -0.3 is 15.2 Å². The Bertz CT molecular complexity index is 855. The van der Waals surface area contributed by atoms with Crippen LogP contribution in [0.4, 0.5) is 5.69 Å². The standard InChI is InChI=1S/C19H19IN2O4S/c1-3-11(2)26-14-7-4-12(5-8-14)17(23)22-19(27)21-16-9-6-13(20)10-15(16)18(24)25/h4-11H,3H2,1-2H3,(H,24,25)(H2,21,22,23,27). The van der Waals surface area contributed by atoms with Gasteiger partial charge in [-0.1, -0.05) is 6.92 Å². The molecule has 0 saturated heterocycles. The van der Waals surface area contributed by atoms with E-state index in [1.807, 2.05) is 36.4 Å². The topological polar surface area (TPSA) is 87.7 Å². The van der Waals surface area contributed by atoms with Gasteiger partial charge in [0.15, 0.2) is 5.11 Å². The number of hydrogen-bond acceptors (Lipinski definition) is 4. The van der Waals surface area contributed by atoms with E-state index in [4.69, 9.17) is 17.0 Å². The van der Waals surface area contributed by atoms with Crippen molar-refractivity contribution in [3.63, 3.8) is 0 Å². The number of hydrogen-bond donors (Lipinski definition) is 3. The molecule has 2 aromatic carbocycles. The number of carboxylic acids is 1. The first-order valence-electron chi connectivity index (χ1n) is 8.22. The number of nitrogens with one attached hydrogen (secondary N) is 2.